The Bertz CT molecular complexity index is 1510. The SMILES string of the molecule is CN(C(=O)OC(C)(C)C)[C@H]1CC[C@@H](n2nc(-c3ccc(Oc4ccccc4)cc3)c3c(N)n[nH]c(=O)c32)CC1. The lowest BCUT2D eigenvalue weighted by Crippen LogP contribution is -2.42. The van der Waals surface area contributed by atoms with Crippen LogP contribution in [0.1, 0.15) is 52.5 Å². The maximum Gasteiger partial charge on any atom is 0.410 e. The van der Waals surface area contributed by atoms with E-state index in [2.05, 4.69) is 10.2 Å². The Morgan fingerprint density at radius 3 is 2.31 bits per heavy atom. The van der Waals surface area contributed by atoms with Gasteiger partial charge in [-0.3, -0.25) is 9.48 Å². The van der Waals surface area contributed by atoms with Crippen molar-refractivity contribution in [1.82, 2.24) is 24.9 Å². The summed E-state index contributed by atoms with van der Waals surface area (Å²) in [6, 6.07) is 17.1. The number of carbonyl (C=O) groups excluding carboxylic acids is 1. The number of nitrogen functional groups attached to an aromatic ring is 1. The van der Waals surface area contributed by atoms with Gasteiger partial charge in [-0.25, -0.2) is 9.89 Å². The summed E-state index contributed by atoms with van der Waals surface area (Å²) < 4.78 is 13.2. The van der Waals surface area contributed by atoms with Crippen molar-refractivity contribution >= 4 is 22.8 Å². The van der Waals surface area contributed by atoms with E-state index in [0.717, 1.165) is 37.0 Å². The summed E-state index contributed by atoms with van der Waals surface area (Å²) in [5.74, 6) is 1.65. The minimum absolute atomic E-state index is 0.0203. The highest BCUT2D eigenvalue weighted by Crippen LogP contribution is 2.37. The van der Waals surface area contributed by atoms with Crippen molar-refractivity contribution in [2.45, 2.75) is 64.1 Å². The van der Waals surface area contributed by atoms with E-state index in [9.17, 15) is 9.59 Å². The van der Waals surface area contributed by atoms with E-state index < -0.39 is 5.60 Å². The molecule has 2 aromatic carbocycles. The number of hydrogen-bond donors (Lipinski definition) is 2. The molecule has 1 amide bonds. The zero-order valence-electron chi connectivity index (χ0n) is 22.7. The number of benzene rings is 2. The second-order valence-corrected chi connectivity index (χ2v) is 10.9. The van der Waals surface area contributed by atoms with Gasteiger partial charge >= 0.3 is 6.09 Å². The van der Waals surface area contributed by atoms with Gasteiger partial charge in [0.05, 0.1) is 11.4 Å². The summed E-state index contributed by atoms with van der Waals surface area (Å²) >= 11 is 0. The molecule has 5 rings (SSSR count). The molecule has 1 saturated carbocycles. The van der Waals surface area contributed by atoms with Crippen LogP contribution < -0.4 is 16.0 Å². The predicted octanol–water partition coefficient (Wildman–Crippen LogP) is 5.51. The number of amides is 1. The minimum atomic E-state index is -0.548. The van der Waals surface area contributed by atoms with Crippen LogP contribution in [-0.4, -0.2) is 49.7 Å². The van der Waals surface area contributed by atoms with E-state index in [1.807, 2.05) is 75.4 Å². The highest BCUT2D eigenvalue weighted by molar-refractivity contribution is 5.99. The zero-order chi connectivity index (χ0) is 27.7. The van der Waals surface area contributed by atoms with Gasteiger partial charge in [0.1, 0.15) is 28.3 Å². The van der Waals surface area contributed by atoms with Crippen LogP contribution in [0.25, 0.3) is 22.2 Å². The van der Waals surface area contributed by atoms with Crippen LogP contribution in [0.3, 0.4) is 0 Å². The first-order valence-electron chi connectivity index (χ1n) is 13.2. The summed E-state index contributed by atoms with van der Waals surface area (Å²) in [5, 5.41) is 12.0. The molecule has 2 heterocycles. The second-order valence-electron chi connectivity index (χ2n) is 10.9. The van der Waals surface area contributed by atoms with Crippen LogP contribution >= 0.6 is 0 Å². The molecule has 4 aromatic rings. The van der Waals surface area contributed by atoms with Crippen molar-refractivity contribution in [1.29, 1.82) is 0 Å². The highest BCUT2D eigenvalue weighted by Gasteiger charge is 2.32. The lowest BCUT2D eigenvalue weighted by Gasteiger charge is -2.35. The average molecular weight is 531 g/mol. The third kappa shape index (κ3) is 5.59. The number of anilines is 1. The van der Waals surface area contributed by atoms with Gasteiger partial charge in [-0.1, -0.05) is 18.2 Å². The molecule has 204 valence electrons. The van der Waals surface area contributed by atoms with Crippen molar-refractivity contribution in [3.8, 4) is 22.8 Å². The molecule has 0 atom stereocenters. The van der Waals surface area contributed by atoms with E-state index >= 15 is 0 Å². The van der Waals surface area contributed by atoms with Gasteiger partial charge < -0.3 is 20.1 Å². The molecule has 39 heavy (non-hydrogen) atoms. The Balaban J connectivity index is 1.40. The number of aromatic amines is 1. The van der Waals surface area contributed by atoms with Gasteiger partial charge in [0.2, 0.25) is 0 Å². The summed E-state index contributed by atoms with van der Waals surface area (Å²) in [6.07, 6.45) is 2.70. The van der Waals surface area contributed by atoms with Crippen LogP contribution in [0.5, 0.6) is 11.5 Å². The van der Waals surface area contributed by atoms with E-state index in [4.69, 9.17) is 20.3 Å². The van der Waals surface area contributed by atoms with Gasteiger partial charge in [0.15, 0.2) is 5.82 Å². The molecular weight excluding hydrogens is 496 g/mol. The van der Waals surface area contributed by atoms with Gasteiger partial charge in [-0.15, -0.1) is 0 Å². The smallest absolute Gasteiger partial charge is 0.410 e. The number of nitrogens with two attached hydrogens (primary N) is 1. The average Bonchev–Trinajstić information content (AvgIpc) is 3.33. The van der Waals surface area contributed by atoms with Crippen molar-refractivity contribution < 1.29 is 14.3 Å². The Hall–Kier alpha value is -4.34. The van der Waals surface area contributed by atoms with Crippen molar-refractivity contribution in [2.24, 2.45) is 0 Å². The van der Waals surface area contributed by atoms with Gasteiger partial charge in [-0.05, 0) is 82.9 Å². The lowest BCUT2D eigenvalue weighted by molar-refractivity contribution is 0.0173. The van der Waals surface area contributed by atoms with Crippen molar-refractivity contribution in [3.05, 3.63) is 65.0 Å². The minimum Gasteiger partial charge on any atom is -0.457 e. The molecule has 2 aromatic heterocycles. The van der Waals surface area contributed by atoms with E-state index in [1.54, 1.807) is 16.6 Å². The zero-order valence-corrected chi connectivity index (χ0v) is 22.7. The van der Waals surface area contributed by atoms with E-state index in [-0.39, 0.29) is 29.6 Å². The lowest BCUT2D eigenvalue weighted by atomic mass is 9.90. The first kappa shape index (κ1) is 26.3. The Morgan fingerprint density at radius 1 is 1.03 bits per heavy atom. The first-order valence-corrected chi connectivity index (χ1v) is 13.2. The van der Waals surface area contributed by atoms with Crippen molar-refractivity contribution in [2.75, 3.05) is 12.8 Å². The van der Waals surface area contributed by atoms with Gasteiger partial charge in [0, 0.05) is 18.7 Å². The highest BCUT2D eigenvalue weighted by atomic mass is 16.6. The number of ether oxygens (including phenoxy) is 2. The molecule has 0 radical (unpaired) electrons. The normalized spacial score (nSPS) is 17.6. The van der Waals surface area contributed by atoms with Crippen LogP contribution in [-0.2, 0) is 4.74 Å². The molecule has 1 fully saturated rings. The molecular formula is C29H34N6O4. The maximum atomic E-state index is 13.0. The molecule has 10 heteroatoms. The number of carbonyl (C=O) groups is 1. The topological polar surface area (TPSA) is 128 Å². The molecule has 10 nitrogen and oxygen atoms in total. The molecule has 0 spiro atoms. The van der Waals surface area contributed by atoms with E-state index in [1.165, 1.54) is 0 Å². The fourth-order valence-electron chi connectivity index (χ4n) is 5.06. The molecule has 0 unspecified atom stereocenters. The number of hydrogen-bond acceptors (Lipinski definition) is 7. The second kappa shape index (κ2) is 10.4. The largest absolute Gasteiger partial charge is 0.457 e. The van der Waals surface area contributed by atoms with Gasteiger partial charge in [-0.2, -0.15) is 10.2 Å². The van der Waals surface area contributed by atoms with Crippen molar-refractivity contribution in [3.63, 3.8) is 0 Å². The number of nitrogens with one attached hydrogen (secondary N) is 1. The van der Waals surface area contributed by atoms with E-state index in [0.29, 0.717) is 22.3 Å². The Kier molecular flexibility index (Phi) is 7.03. The van der Waals surface area contributed by atoms with Crippen LogP contribution in [0.2, 0.25) is 0 Å². The van der Waals surface area contributed by atoms with Crippen LogP contribution in [0.4, 0.5) is 10.6 Å². The standard InChI is InChI=1S/C29H34N6O4/c1-29(2,3)39-28(37)34(4)19-12-14-20(15-13-19)35-25-23(26(30)31-32-27(25)36)24(33-35)18-10-16-22(17-11-18)38-21-8-6-5-7-9-21/h5-11,16-17,19-20H,12-15H2,1-4H3,(H2,30,31)(H,32,36)/t19-,20+. The Labute approximate surface area is 226 Å². The third-order valence-corrected chi connectivity index (χ3v) is 7.01. The first-order chi connectivity index (χ1) is 18.6. The van der Waals surface area contributed by atoms with Crippen LogP contribution in [0.15, 0.2) is 59.4 Å². The number of H-pyrrole nitrogens is 1. The molecule has 0 aliphatic heterocycles. The van der Waals surface area contributed by atoms with Crippen LogP contribution in [0, 0.1) is 0 Å². The quantitative estimate of drug-likeness (QED) is 0.348. The molecule has 0 saturated heterocycles. The number of fused-ring (bicyclic) bond motifs is 1. The summed E-state index contributed by atoms with van der Waals surface area (Å²) in [5.41, 5.74) is 7.19. The number of rotatable bonds is 5. The molecule has 1 aliphatic carbocycles. The predicted molar refractivity (Wildman–Crippen MR) is 150 cm³/mol. The number of para-hydroxylation sites is 1. The summed E-state index contributed by atoms with van der Waals surface area (Å²) in [7, 11) is 1.78. The molecule has 1 aliphatic rings. The van der Waals surface area contributed by atoms with Gasteiger partial charge in [0.25, 0.3) is 5.56 Å². The summed E-state index contributed by atoms with van der Waals surface area (Å²) in [4.78, 5) is 27.2. The molecule has 3 N–H and O–H groups in total. The number of nitrogens with zero attached hydrogens (tertiary/aromatic N) is 4. The maximum absolute atomic E-state index is 13.0. The monoisotopic (exact) mass is 530 g/mol. The fourth-order valence-corrected chi connectivity index (χ4v) is 5.06. The Morgan fingerprint density at radius 2 is 1.67 bits per heavy atom. The fraction of sp³-hybridized carbons (Fsp3) is 0.379. The summed E-state index contributed by atoms with van der Waals surface area (Å²) in [6.45, 7) is 5.58. The third-order valence-electron chi connectivity index (χ3n) is 7.01. The molecule has 0 bridgehead atoms. The number of aromatic nitrogens is 4.